The third-order valence-electron chi connectivity index (χ3n) is 3.09. The van der Waals surface area contributed by atoms with Crippen molar-refractivity contribution in [3.63, 3.8) is 0 Å². The molecule has 1 heterocycles. The molecule has 0 N–H and O–H groups in total. The van der Waals surface area contributed by atoms with Crippen molar-refractivity contribution in [2.75, 3.05) is 0 Å². The van der Waals surface area contributed by atoms with Crippen molar-refractivity contribution in [1.82, 2.24) is 0 Å². The molecule has 2 aliphatic rings. The normalized spacial score (nSPS) is 28.3. The molecule has 2 nitrogen and oxygen atoms in total. The summed E-state index contributed by atoms with van der Waals surface area (Å²) in [6.07, 6.45) is 1.08. The lowest BCUT2D eigenvalue weighted by Gasteiger charge is -2.25. The van der Waals surface area contributed by atoms with E-state index in [1.165, 1.54) is 5.56 Å². The van der Waals surface area contributed by atoms with Crippen molar-refractivity contribution in [1.29, 1.82) is 0 Å². The SMILES string of the molecule is O=C1CC2=Nc3ccccc3C2[C@H](S)C1. The van der Waals surface area contributed by atoms with Crippen LogP contribution >= 0.6 is 12.6 Å². The summed E-state index contributed by atoms with van der Waals surface area (Å²) in [5.41, 5.74) is 3.26. The first-order chi connectivity index (χ1) is 7.25. The summed E-state index contributed by atoms with van der Waals surface area (Å²) < 4.78 is 0. The van der Waals surface area contributed by atoms with Crippen molar-refractivity contribution in [2.24, 2.45) is 4.99 Å². The Morgan fingerprint density at radius 2 is 2.13 bits per heavy atom. The largest absolute Gasteiger partial charge is 0.299 e. The van der Waals surface area contributed by atoms with Gasteiger partial charge in [0.2, 0.25) is 0 Å². The van der Waals surface area contributed by atoms with Crippen molar-refractivity contribution in [2.45, 2.75) is 24.0 Å². The summed E-state index contributed by atoms with van der Waals surface area (Å²) in [7, 11) is 0. The van der Waals surface area contributed by atoms with E-state index in [2.05, 4.69) is 23.7 Å². The quantitative estimate of drug-likeness (QED) is 0.665. The van der Waals surface area contributed by atoms with Crippen LogP contribution in [0.4, 0.5) is 5.69 Å². The molecule has 0 radical (unpaired) electrons. The highest BCUT2D eigenvalue weighted by Gasteiger charge is 2.37. The Hall–Kier alpha value is -1.09. The van der Waals surface area contributed by atoms with Crippen LogP contribution in [-0.2, 0) is 4.79 Å². The second kappa shape index (κ2) is 3.20. The molecule has 0 bridgehead atoms. The predicted octanol–water partition coefficient (Wildman–Crippen LogP) is 2.52. The number of thiol groups is 1. The van der Waals surface area contributed by atoms with E-state index in [1.807, 2.05) is 18.2 Å². The van der Waals surface area contributed by atoms with E-state index in [-0.39, 0.29) is 17.0 Å². The lowest BCUT2D eigenvalue weighted by atomic mass is 9.83. The highest BCUT2D eigenvalue weighted by atomic mass is 32.1. The zero-order valence-corrected chi connectivity index (χ0v) is 9.08. The second-order valence-corrected chi connectivity index (χ2v) is 4.79. The highest BCUT2D eigenvalue weighted by Crippen LogP contribution is 2.43. The van der Waals surface area contributed by atoms with Gasteiger partial charge in [-0.2, -0.15) is 12.6 Å². The second-order valence-electron chi connectivity index (χ2n) is 4.13. The summed E-state index contributed by atoms with van der Waals surface area (Å²) in [4.78, 5) is 16.0. The Morgan fingerprint density at radius 1 is 1.33 bits per heavy atom. The number of para-hydroxylation sites is 1. The van der Waals surface area contributed by atoms with Gasteiger partial charge in [-0.1, -0.05) is 18.2 Å². The number of fused-ring (bicyclic) bond motifs is 3. The number of nitrogens with zero attached hydrogens (tertiary/aromatic N) is 1. The smallest absolute Gasteiger partial charge is 0.139 e. The predicted molar refractivity (Wildman–Crippen MR) is 63.3 cm³/mol. The van der Waals surface area contributed by atoms with E-state index in [1.54, 1.807) is 0 Å². The molecule has 76 valence electrons. The summed E-state index contributed by atoms with van der Waals surface area (Å²) in [6.45, 7) is 0. The molecule has 1 aliphatic carbocycles. The van der Waals surface area contributed by atoms with Crippen molar-refractivity contribution in [3.05, 3.63) is 29.8 Å². The van der Waals surface area contributed by atoms with Crippen LogP contribution in [0.15, 0.2) is 29.3 Å². The first-order valence-electron chi connectivity index (χ1n) is 5.12. The fourth-order valence-corrected chi connectivity index (χ4v) is 3.00. The van der Waals surface area contributed by atoms with Gasteiger partial charge in [0, 0.05) is 29.7 Å². The number of benzene rings is 1. The maximum absolute atomic E-state index is 11.4. The molecule has 1 aromatic carbocycles. The molecule has 0 amide bonds. The minimum Gasteiger partial charge on any atom is -0.299 e. The van der Waals surface area contributed by atoms with Crippen molar-refractivity contribution < 1.29 is 4.79 Å². The lowest BCUT2D eigenvalue weighted by Crippen LogP contribution is -2.30. The van der Waals surface area contributed by atoms with Gasteiger partial charge in [0.05, 0.1) is 5.69 Å². The number of carbonyl (C=O) groups excluding carboxylic acids is 1. The summed E-state index contributed by atoms with van der Waals surface area (Å²) in [5, 5.41) is 0.105. The molecule has 3 heteroatoms. The summed E-state index contributed by atoms with van der Waals surface area (Å²) in [6, 6.07) is 8.10. The Balaban J connectivity index is 2.10. The van der Waals surface area contributed by atoms with Crippen LogP contribution in [-0.4, -0.2) is 16.7 Å². The monoisotopic (exact) mass is 217 g/mol. The Morgan fingerprint density at radius 3 is 3.00 bits per heavy atom. The van der Waals surface area contributed by atoms with Crippen LogP contribution in [0.3, 0.4) is 0 Å². The van der Waals surface area contributed by atoms with Crippen LogP contribution in [0.5, 0.6) is 0 Å². The molecule has 3 rings (SSSR count). The van der Waals surface area contributed by atoms with Gasteiger partial charge in [-0.05, 0) is 11.6 Å². The molecule has 1 fully saturated rings. The molecule has 0 aromatic heterocycles. The van der Waals surface area contributed by atoms with Gasteiger partial charge in [0.1, 0.15) is 5.78 Å². The zero-order chi connectivity index (χ0) is 10.4. The minimum atomic E-state index is 0.105. The molecule has 15 heavy (non-hydrogen) atoms. The van der Waals surface area contributed by atoms with Gasteiger partial charge in [0.15, 0.2) is 0 Å². The number of hydrogen-bond donors (Lipinski definition) is 1. The molecular formula is C12H11NOS. The average Bonchev–Trinajstić information content (AvgIpc) is 2.54. The lowest BCUT2D eigenvalue weighted by molar-refractivity contribution is -0.118. The topological polar surface area (TPSA) is 29.4 Å². The van der Waals surface area contributed by atoms with Crippen LogP contribution in [0.25, 0.3) is 0 Å². The van der Waals surface area contributed by atoms with Crippen LogP contribution in [0.2, 0.25) is 0 Å². The highest BCUT2D eigenvalue weighted by molar-refractivity contribution is 7.81. The van der Waals surface area contributed by atoms with E-state index in [0.29, 0.717) is 12.8 Å². The molecule has 1 saturated carbocycles. The molecule has 1 aromatic rings. The van der Waals surface area contributed by atoms with Crippen molar-refractivity contribution in [3.8, 4) is 0 Å². The maximum atomic E-state index is 11.4. The third kappa shape index (κ3) is 1.34. The number of carbonyl (C=O) groups is 1. The third-order valence-corrected chi connectivity index (χ3v) is 3.58. The Labute approximate surface area is 93.8 Å². The molecule has 0 spiro atoms. The van der Waals surface area contributed by atoms with Gasteiger partial charge in [-0.3, -0.25) is 9.79 Å². The molecular weight excluding hydrogens is 206 g/mol. The molecule has 2 atom stereocenters. The molecule has 0 saturated heterocycles. The summed E-state index contributed by atoms with van der Waals surface area (Å²) in [5.74, 6) is 0.528. The van der Waals surface area contributed by atoms with Crippen molar-refractivity contribution >= 4 is 29.8 Å². The van der Waals surface area contributed by atoms with Crippen LogP contribution in [0.1, 0.15) is 24.3 Å². The Bertz CT molecular complexity index is 466. The number of Topliss-reactive ketones (excluding diaryl/α,β-unsaturated/α-hetero) is 1. The van der Waals surface area contributed by atoms with Gasteiger partial charge in [-0.25, -0.2) is 0 Å². The Kier molecular flexibility index (Phi) is 1.96. The minimum absolute atomic E-state index is 0.105. The maximum Gasteiger partial charge on any atom is 0.139 e. The first kappa shape index (κ1) is 9.16. The van der Waals surface area contributed by atoms with E-state index in [9.17, 15) is 4.79 Å². The fourth-order valence-electron chi connectivity index (χ4n) is 2.46. The number of rotatable bonds is 0. The summed E-state index contributed by atoms with van der Waals surface area (Å²) >= 11 is 4.52. The van der Waals surface area contributed by atoms with Gasteiger partial charge >= 0.3 is 0 Å². The fraction of sp³-hybridized carbons (Fsp3) is 0.333. The molecule has 1 unspecified atom stereocenters. The average molecular weight is 217 g/mol. The van der Waals surface area contributed by atoms with E-state index in [4.69, 9.17) is 0 Å². The first-order valence-corrected chi connectivity index (χ1v) is 5.63. The van der Waals surface area contributed by atoms with Crippen LogP contribution < -0.4 is 0 Å². The van der Waals surface area contributed by atoms with Gasteiger partial charge in [-0.15, -0.1) is 0 Å². The van der Waals surface area contributed by atoms with Gasteiger partial charge in [0.25, 0.3) is 0 Å². The van der Waals surface area contributed by atoms with E-state index < -0.39 is 0 Å². The molecule has 1 aliphatic heterocycles. The number of hydrogen-bond acceptors (Lipinski definition) is 3. The zero-order valence-electron chi connectivity index (χ0n) is 8.18. The number of ketones is 1. The van der Waals surface area contributed by atoms with Gasteiger partial charge < -0.3 is 0 Å². The van der Waals surface area contributed by atoms with E-state index >= 15 is 0 Å². The number of aliphatic imine (C=N–C) groups is 1. The van der Waals surface area contributed by atoms with Crippen LogP contribution in [0, 0.1) is 0 Å². The standard InChI is InChI=1S/C12H11NOS/c14-7-5-10-12(11(15)6-7)8-3-1-2-4-9(8)13-10/h1-4,11-12,15H,5-6H2/t11-,12?/m1/s1. The van der Waals surface area contributed by atoms with E-state index in [0.717, 1.165) is 11.4 Å².